The van der Waals surface area contributed by atoms with Crippen LogP contribution in [0.1, 0.15) is 19.8 Å². The molecule has 0 aliphatic rings. The van der Waals surface area contributed by atoms with Gasteiger partial charge in [0.2, 0.25) is 5.78 Å². The van der Waals surface area contributed by atoms with Crippen LogP contribution in [0.3, 0.4) is 0 Å². The Balaban J connectivity index is 3.25. The van der Waals surface area contributed by atoms with Gasteiger partial charge in [-0.3, -0.25) is 4.79 Å². The van der Waals surface area contributed by atoms with Crippen LogP contribution in [0.4, 0.5) is 0 Å². The van der Waals surface area contributed by atoms with Gasteiger partial charge in [-0.05, 0) is 17.9 Å². The number of carboxylic acids is 1. The Morgan fingerprint density at radius 2 is 2.09 bits per heavy atom. The Kier molecular flexibility index (Phi) is 5.93. The van der Waals surface area contributed by atoms with Gasteiger partial charge >= 0.3 is 5.97 Å². The van der Waals surface area contributed by atoms with Crippen molar-refractivity contribution in [2.24, 2.45) is 0 Å². The molecule has 0 aromatic rings. The van der Waals surface area contributed by atoms with E-state index in [-0.39, 0.29) is 6.42 Å². The van der Waals surface area contributed by atoms with Crippen LogP contribution in [-0.2, 0) is 9.59 Å². The van der Waals surface area contributed by atoms with Gasteiger partial charge in [0.1, 0.15) is 0 Å². The van der Waals surface area contributed by atoms with Gasteiger partial charge in [-0.15, -0.1) is 0 Å². The maximum absolute atomic E-state index is 10.5. The van der Waals surface area contributed by atoms with Gasteiger partial charge in [0.05, 0.1) is 0 Å². The molecule has 0 saturated heterocycles. The van der Waals surface area contributed by atoms with E-state index >= 15 is 0 Å². The second kappa shape index (κ2) is 6.22. The number of carbonyl (C=O) groups is 2. The van der Waals surface area contributed by atoms with Gasteiger partial charge in [0.25, 0.3) is 0 Å². The molecular weight excluding hydrogens is 164 g/mol. The molecule has 0 heterocycles. The molecule has 0 spiro atoms. The first-order valence-electron chi connectivity index (χ1n) is 3.52. The predicted octanol–water partition coefficient (Wildman–Crippen LogP) is 1.17. The molecule has 0 aromatic carbocycles. The molecular formula is C7H12O3S. The van der Waals surface area contributed by atoms with Crippen LogP contribution in [0.15, 0.2) is 0 Å². The van der Waals surface area contributed by atoms with Gasteiger partial charge < -0.3 is 5.11 Å². The van der Waals surface area contributed by atoms with Gasteiger partial charge in [-0.1, -0.05) is 6.92 Å². The number of hydrogen-bond acceptors (Lipinski definition) is 3. The fraction of sp³-hybridized carbons (Fsp3) is 0.714. The molecule has 4 heteroatoms. The lowest BCUT2D eigenvalue weighted by Gasteiger charge is -1.95. The minimum atomic E-state index is -1.31. The molecule has 11 heavy (non-hydrogen) atoms. The van der Waals surface area contributed by atoms with Crippen LogP contribution in [0.5, 0.6) is 0 Å². The first kappa shape index (κ1) is 10.5. The molecule has 0 amide bonds. The molecule has 0 radical (unpaired) electrons. The third-order valence-corrected chi connectivity index (χ3v) is 2.12. The summed E-state index contributed by atoms with van der Waals surface area (Å²) in [4.78, 5) is 20.5. The number of ketones is 1. The third-order valence-electron chi connectivity index (χ3n) is 1.14. The summed E-state index contributed by atoms with van der Waals surface area (Å²) in [6.07, 6.45) is 0.839. The SMILES string of the molecule is CCSCCCC(=O)C(=O)O. The molecule has 64 valence electrons. The van der Waals surface area contributed by atoms with Gasteiger partial charge in [-0.25, -0.2) is 4.79 Å². The van der Waals surface area contributed by atoms with Crippen LogP contribution in [0.25, 0.3) is 0 Å². The average Bonchev–Trinajstić information content (AvgIpc) is 1.97. The molecule has 0 unspecified atom stereocenters. The number of rotatable bonds is 6. The van der Waals surface area contributed by atoms with Gasteiger partial charge in [-0.2, -0.15) is 11.8 Å². The highest BCUT2D eigenvalue weighted by atomic mass is 32.2. The maximum Gasteiger partial charge on any atom is 0.372 e. The predicted molar refractivity (Wildman–Crippen MR) is 44.9 cm³/mol. The Morgan fingerprint density at radius 3 is 2.55 bits per heavy atom. The highest BCUT2D eigenvalue weighted by Crippen LogP contribution is 2.03. The summed E-state index contributed by atoms with van der Waals surface area (Å²) in [7, 11) is 0. The quantitative estimate of drug-likeness (QED) is 0.487. The summed E-state index contributed by atoms with van der Waals surface area (Å²) >= 11 is 1.72. The Morgan fingerprint density at radius 1 is 1.45 bits per heavy atom. The summed E-state index contributed by atoms with van der Waals surface area (Å²) < 4.78 is 0. The number of hydrogen-bond donors (Lipinski definition) is 1. The summed E-state index contributed by atoms with van der Waals surface area (Å²) in [6, 6.07) is 0. The van der Waals surface area contributed by atoms with E-state index in [1.54, 1.807) is 11.8 Å². The molecule has 0 aromatic heterocycles. The zero-order valence-corrected chi connectivity index (χ0v) is 7.32. The molecule has 0 rings (SSSR count). The van der Waals surface area contributed by atoms with E-state index in [0.29, 0.717) is 6.42 Å². The molecule has 0 saturated carbocycles. The topological polar surface area (TPSA) is 54.4 Å². The number of Topliss-reactive ketones (excluding diaryl/α,β-unsaturated/α-hetero) is 1. The van der Waals surface area contributed by atoms with Crippen molar-refractivity contribution in [1.82, 2.24) is 0 Å². The van der Waals surface area contributed by atoms with Crippen molar-refractivity contribution in [2.75, 3.05) is 11.5 Å². The molecule has 0 aliphatic heterocycles. The summed E-state index contributed by atoms with van der Waals surface area (Å²) in [6.45, 7) is 2.03. The summed E-state index contributed by atoms with van der Waals surface area (Å²) in [5.41, 5.74) is 0. The van der Waals surface area contributed by atoms with Crippen molar-refractivity contribution in [2.45, 2.75) is 19.8 Å². The highest BCUT2D eigenvalue weighted by Gasteiger charge is 2.09. The first-order valence-corrected chi connectivity index (χ1v) is 4.67. The van der Waals surface area contributed by atoms with Gasteiger partial charge in [0, 0.05) is 6.42 Å². The summed E-state index contributed by atoms with van der Waals surface area (Å²) in [5.74, 6) is -0.107. The van der Waals surface area contributed by atoms with E-state index in [9.17, 15) is 9.59 Å². The lowest BCUT2D eigenvalue weighted by atomic mass is 10.2. The fourth-order valence-electron chi connectivity index (χ4n) is 0.586. The minimum absolute atomic E-state index is 0.169. The molecule has 1 N–H and O–H groups in total. The lowest BCUT2D eigenvalue weighted by Crippen LogP contribution is -2.11. The van der Waals surface area contributed by atoms with E-state index in [2.05, 4.69) is 0 Å². The number of carboxylic acid groups (broad SMARTS) is 1. The van der Waals surface area contributed by atoms with Crippen molar-refractivity contribution >= 4 is 23.5 Å². The van der Waals surface area contributed by atoms with Crippen molar-refractivity contribution in [1.29, 1.82) is 0 Å². The van der Waals surface area contributed by atoms with Crippen LogP contribution >= 0.6 is 11.8 Å². The molecule has 3 nitrogen and oxygen atoms in total. The third kappa shape index (κ3) is 5.91. The van der Waals surface area contributed by atoms with Crippen LogP contribution < -0.4 is 0 Å². The number of thioether (sulfide) groups is 1. The average molecular weight is 176 g/mol. The summed E-state index contributed by atoms with van der Waals surface area (Å²) in [5, 5.41) is 8.18. The van der Waals surface area contributed by atoms with E-state index < -0.39 is 11.8 Å². The zero-order chi connectivity index (χ0) is 8.69. The second-order valence-electron chi connectivity index (χ2n) is 2.03. The van der Waals surface area contributed by atoms with E-state index in [1.807, 2.05) is 6.92 Å². The smallest absolute Gasteiger partial charge is 0.372 e. The van der Waals surface area contributed by atoms with Crippen LogP contribution in [-0.4, -0.2) is 28.4 Å². The Bertz CT molecular complexity index is 145. The number of aliphatic carboxylic acids is 1. The number of carbonyl (C=O) groups excluding carboxylic acids is 1. The normalized spacial score (nSPS) is 9.55. The second-order valence-corrected chi connectivity index (χ2v) is 3.42. The Labute approximate surface area is 70.2 Å². The highest BCUT2D eigenvalue weighted by molar-refractivity contribution is 7.99. The maximum atomic E-state index is 10.5. The van der Waals surface area contributed by atoms with Gasteiger partial charge in [0.15, 0.2) is 0 Å². The van der Waals surface area contributed by atoms with Crippen molar-refractivity contribution < 1.29 is 14.7 Å². The monoisotopic (exact) mass is 176 g/mol. The van der Waals surface area contributed by atoms with Crippen molar-refractivity contribution in [3.8, 4) is 0 Å². The molecule has 0 bridgehead atoms. The fourth-order valence-corrected chi connectivity index (χ4v) is 1.22. The lowest BCUT2D eigenvalue weighted by molar-refractivity contribution is -0.149. The Hall–Kier alpha value is -0.510. The molecule has 0 aliphatic carbocycles. The minimum Gasteiger partial charge on any atom is -0.476 e. The first-order chi connectivity index (χ1) is 5.18. The van der Waals surface area contributed by atoms with E-state index in [4.69, 9.17) is 5.11 Å². The largest absolute Gasteiger partial charge is 0.476 e. The standard InChI is InChI=1S/C7H12O3S/c1-2-11-5-3-4-6(8)7(9)10/h2-5H2,1H3,(H,9,10). The zero-order valence-electron chi connectivity index (χ0n) is 6.50. The van der Waals surface area contributed by atoms with Crippen molar-refractivity contribution in [3.05, 3.63) is 0 Å². The van der Waals surface area contributed by atoms with Crippen LogP contribution in [0, 0.1) is 0 Å². The van der Waals surface area contributed by atoms with Crippen molar-refractivity contribution in [3.63, 3.8) is 0 Å². The molecule has 0 atom stereocenters. The van der Waals surface area contributed by atoms with E-state index in [0.717, 1.165) is 11.5 Å². The van der Waals surface area contributed by atoms with Crippen LogP contribution in [0.2, 0.25) is 0 Å². The van der Waals surface area contributed by atoms with E-state index in [1.165, 1.54) is 0 Å². The molecule has 0 fully saturated rings.